The molecule has 0 unspecified atom stereocenters. The van der Waals surface area contributed by atoms with E-state index in [9.17, 15) is 13.2 Å². The lowest BCUT2D eigenvalue weighted by molar-refractivity contribution is -0.119. The van der Waals surface area contributed by atoms with Crippen LogP contribution in [0, 0.1) is 5.92 Å². The SMILES string of the molecule is CCOc1ccc(CNS(=O)(=O)c2ccc3c(c2)C(C)(C)CN3C(=O)C2CC2)cc1OC. The first-order valence-electron chi connectivity index (χ1n) is 10.9. The predicted molar refractivity (Wildman–Crippen MR) is 123 cm³/mol. The summed E-state index contributed by atoms with van der Waals surface area (Å²) < 4.78 is 39.6. The van der Waals surface area contributed by atoms with Crippen molar-refractivity contribution in [2.24, 2.45) is 5.92 Å². The zero-order valence-electron chi connectivity index (χ0n) is 19.0. The zero-order chi connectivity index (χ0) is 23.1. The number of nitrogens with one attached hydrogen (secondary N) is 1. The van der Waals surface area contributed by atoms with E-state index >= 15 is 0 Å². The van der Waals surface area contributed by atoms with Crippen LogP contribution in [0.4, 0.5) is 5.69 Å². The lowest BCUT2D eigenvalue weighted by Gasteiger charge is -2.20. The van der Waals surface area contributed by atoms with Gasteiger partial charge in [0.1, 0.15) is 0 Å². The van der Waals surface area contributed by atoms with Gasteiger partial charge >= 0.3 is 0 Å². The molecule has 1 aliphatic carbocycles. The molecule has 0 bridgehead atoms. The number of sulfonamides is 1. The minimum Gasteiger partial charge on any atom is -0.493 e. The van der Waals surface area contributed by atoms with E-state index in [0.29, 0.717) is 24.7 Å². The van der Waals surface area contributed by atoms with Gasteiger partial charge in [0.05, 0.1) is 18.6 Å². The molecule has 1 fully saturated rings. The third-order valence-electron chi connectivity index (χ3n) is 6.04. The van der Waals surface area contributed by atoms with Crippen LogP contribution in [0.1, 0.15) is 44.7 Å². The number of rotatable bonds is 8. The van der Waals surface area contributed by atoms with E-state index in [0.717, 1.165) is 29.7 Å². The van der Waals surface area contributed by atoms with E-state index in [-0.39, 0.29) is 28.7 Å². The molecule has 32 heavy (non-hydrogen) atoms. The van der Waals surface area contributed by atoms with Crippen LogP contribution in [0.5, 0.6) is 11.5 Å². The smallest absolute Gasteiger partial charge is 0.240 e. The number of hydrogen-bond donors (Lipinski definition) is 1. The van der Waals surface area contributed by atoms with Crippen molar-refractivity contribution in [2.75, 3.05) is 25.2 Å². The van der Waals surface area contributed by atoms with Crippen molar-refractivity contribution in [1.29, 1.82) is 0 Å². The summed E-state index contributed by atoms with van der Waals surface area (Å²) in [5, 5.41) is 0. The topological polar surface area (TPSA) is 84.9 Å². The van der Waals surface area contributed by atoms with E-state index < -0.39 is 10.0 Å². The van der Waals surface area contributed by atoms with Gasteiger partial charge in [-0.05, 0) is 61.2 Å². The van der Waals surface area contributed by atoms with Gasteiger partial charge in [-0.1, -0.05) is 19.9 Å². The number of ether oxygens (including phenoxy) is 2. The Bertz CT molecular complexity index is 1140. The highest BCUT2D eigenvalue weighted by molar-refractivity contribution is 7.89. The lowest BCUT2D eigenvalue weighted by atomic mass is 9.87. The van der Waals surface area contributed by atoms with Crippen molar-refractivity contribution in [2.45, 2.75) is 50.5 Å². The summed E-state index contributed by atoms with van der Waals surface area (Å²) in [4.78, 5) is 14.7. The number of hydrogen-bond acceptors (Lipinski definition) is 5. The fourth-order valence-corrected chi connectivity index (χ4v) is 5.17. The molecule has 1 saturated carbocycles. The molecular weight excluding hydrogens is 428 g/mol. The van der Waals surface area contributed by atoms with E-state index in [1.807, 2.05) is 31.7 Å². The van der Waals surface area contributed by atoms with Gasteiger partial charge in [-0.25, -0.2) is 13.1 Å². The summed E-state index contributed by atoms with van der Waals surface area (Å²) in [6.45, 7) is 7.18. The number of fused-ring (bicyclic) bond motifs is 1. The maximum absolute atomic E-state index is 13.0. The molecular formula is C24H30N2O5S. The summed E-state index contributed by atoms with van der Waals surface area (Å²) in [6, 6.07) is 10.4. The molecule has 1 N–H and O–H groups in total. The van der Waals surface area contributed by atoms with Crippen molar-refractivity contribution < 1.29 is 22.7 Å². The van der Waals surface area contributed by atoms with Gasteiger partial charge in [0.25, 0.3) is 0 Å². The van der Waals surface area contributed by atoms with Crippen LogP contribution in [-0.2, 0) is 26.8 Å². The molecule has 2 aromatic rings. The van der Waals surface area contributed by atoms with E-state index in [1.54, 1.807) is 37.4 Å². The average Bonchev–Trinajstić information content (AvgIpc) is 3.58. The number of benzene rings is 2. The van der Waals surface area contributed by atoms with Gasteiger partial charge in [-0.3, -0.25) is 4.79 Å². The molecule has 0 aromatic heterocycles. The van der Waals surface area contributed by atoms with E-state index in [4.69, 9.17) is 9.47 Å². The Kier molecular flexibility index (Phi) is 5.94. The molecule has 1 heterocycles. The molecule has 0 saturated heterocycles. The Morgan fingerprint density at radius 3 is 2.56 bits per heavy atom. The maximum Gasteiger partial charge on any atom is 0.240 e. The first-order chi connectivity index (χ1) is 15.2. The molecule has 2 aromatic carbocycles. The average molecular weight is 459 g/mol. The van der Waals surface area contributed by atoms with Crippen LogP contribution in [0.25, 0.3) is 0 Å². The van der Waals surface area contributed by atoms with Crippen LogP contribution in [0.2, 0.25) is 0 Å². The third-order valence-corrected chi connectivity index (χ3v) is 7.44. The highest BCUT2D eigenvalue weighted by atomic mass is 32.2. The standard InChI is InChI=1S/C24H30N2O5S/c1-5-31-21-11-6-16(12-22(21)30-4)14-25-32(28,29)18-9-10-20-19(13-18)24(2,3)15-26(20)23(27)17-7-8-17/h6,9-13,17,25H,5,7-8,14-15H2,1-4H3. The monoisotopic (exact) mass is 458 g/mol. The van der Waals surface area contributed by atoms with Crippen molar-refractivity contribution in [3.63, 3.8) is 0 Å². The van der Waals surface area contributed by atoms with Gasteiger partial charge in [0.2, 0.25) is 15.9 Å². The molecule has 2 aliphatic rings. The minimum absolute atomic E-state index is 0.118. The Morgan fingerprint density at radius 2 is 1.91 bits per heavy atom. The normalized spacial score (nSPS) is 17.2. The molecule has 7 nitrogen and oxygen atoms in total. The predicted octanol–water partition coefficient (Wildman–Crippen LogP) is 3.61. The first kappa shape index (κ1) is 22.6. The number of nitrogens with zero attached hydrogens (tertiary/aromatic N) is 1. The molecule has 8 heteroatoms. The second-order valence-corrected chi connectivity index (χ2v) is 10.8. The molecule has 172 valence electrons. The number of amides is 1. The highest BCUT2D eigenvalue weighted by Crippen LogP contribution is 2.44. The Balaban J connectivity index is 1.54. The molecule has 0 radical (unpaired) electrons. The first-order valence-corrected chi connectivity index (χ1v) is 12.4. The number of carbonyl (C=O) groups is 1. The Labute approximate surface area is 189 Å². The molecule has 4 rings (SSSR count). The van der Waals surface area contributed by atoms with Gasteiger partial charge in [0, 0.05) is 30.1 Å². The van der Waals surface area contributed by atoms with Gasteiger partial charge in [-0.15, -0.1) is 0 Å². The molecule has 0 spiro atoms. The Morgan fingerprint density at radius 1 is 1.16 bits per heavy atom. The van der Waals surface area contributed by atoms with Crippen molar-refractivity contribution in [3.8, 4) is 11.5 Å². The summed E-state index contributed by atoms with van der Waals surface area (Å²) >= 11 is 0. The minimum atomic E-state index is -3.74. The van der Waals surface area contributed by atoms with Crippen LogP contribution in [0.15, 0.2) is 41.3 Å². The number of anilines is 1. The third kappa shape index (κ3) is 4.34. The van der Waals surface area contributed by atoms with E-state index in [1.165, 1.54) is 0 Å². The van der Waals surface area contributed by atoms with Crippen molar-refractivity contribution in [3.05, 3.63) is 47.5 Å². The summed E-state index contributed by atoms with van der Waals surface area (Å²) in [6.07, 6.45) is 1.88. The largest absolute Gasteiger partial charge is 0.493 e. The van der Waals surface area contributed by atoms with Gasteiger partial charge in [0.15, 0.2) is 11.5 Å². The van der Waals surface area contributed by atoms with Crippen LogP contribution < -0.4 is 19.1 Å². The second-order valence-electron chi connectivity index (χ2n) is 9.00. The number of methoxy groups -OCH3 is 1. The molecule has 0 atom stereocenters. The number of carbonyl (C=O) groups excluding carboxylic acids is 1. The molecule has 1 aliphatic heterocycles. The fourth-order valence-electron chi connectivity index (χ4n) is 4.13. The summed E-state index contributed by atoms with van der Waals surface area (Å²) in [7, 11) is -2.19. The summed E-state index contributed by atoms with van der Waals surface area (Å²) in [5.74, 6) is 1.44. The maximum atomic E-state index is 13.0. The second kappa shape index (κ2) is 8.41. The highest BCUT2D eigenvalue weighted by Gasteiger charge is 2.43. The Hall–Kier alpha value is -2.58. The fraction of sp³-hybridized carbons (Fsp3) is 0.458. The quantitative estimate of drug-likeness (QED) is 0.653. The molecule has 1 amide bonds. The van der Waals surface area contributed by atoms with E-state index in [2.05, 4.69) is 4.72 Å². The van der Waals surface area contributed by atoms with Crippen LogP contribution in [0.3, 0.4) is 0 Å². The van der Waals surface area contributed by atoms with Crippen molar-refractivity contribution >= 4 is 21.6 Å². The lowest BCUT2D eigenvalue weighted by Crippen LogP contribution is -2.34. The van der Waals surface area contributed by atoms with Crippen molar-refractivity contribution in [1.82, 2.24) is 4.72 Å². The zero-order valence-corrected chi connectivity index (χ0v) is 19.8. The van der Waals surface area contributed by atoms with Gasteiger partial charge in [-0.2, -0.15) is 0 Å². The van der Waals surface area contributed by atoms with Crippen LogP contribution >= 0.6 is 0 Å². The van der Waals surface area contributed by atoms with Crippen LogP contribution in [-0.4, -0.2) is 34.6 Å². The summed E-state index contributed by atoms with van der Waals surface area (Å²) in [5.41, 5.74) is 2.16. The van der Waals surface area contributed by atoms with Gasteiger partial charge < -0.3 is 14.4 Å².